The van der Waals surface area contributed by atoms with Crippen LogP contribution in [0.5, 0.6) is 5.88 Å². The summed E-state index contributed by atoms with van der Waals surface area (Å²) in [6, 6.07) is 10.8. The maximum Gasteiger partial charge on any atom is 0.429 e. The van der Waals surface area contributed by atoms with Crippen molar-refractivity contribution >= 4 is 32.5 Å². The zero-order valence-corrected chi connectivity index (χ0v) is 15.3. The summed E-state index contributed by atoms with van der Waals surface area (Å²) >= 11 is 5.92. The first-order valence-electron chi connectivity index (χ1n) is 7.51. The quantitative estimate of drug-likeness (QED) is 0.631. The number of hydrogen-bond acceptors (Lipinski definition) is 5. The van der Waals surface area contributed by atoms with E-state index < -0.39 is 28.0 Å². The van der Waals surface area contributed by atoms with E-state index in [1.54, 1.807) is 24.3 Å². The summed E-state index contributed by atoms with van der Waals surface area (Å²) in [7, 11) is -3.54. The van der Waals surface area contributed by atoms with Gasteiger partial charge in [-0.3, -0.25) is 0 Å². The lowest BCUT2D eigenvalue weighted by Gasteiger charge is -2.22. The van der Waals surface area contributed by atoms with Gasteiger partial charge in [-0.2, -0.15) is 13.2 Å². The minimum Gasteiger partial charge on any atom is -0.458 e. The maximum atomic E-state index is 13.5. The van der Waals surface area contributed by atoms with Gasteiger partial charge in [0.25, 0.3) is 5.88 Å². The van der Waals surface area contributed by atoms with Crippen molar-refractivity contribution in [3.63, 3.8) is 0 Å². The van der Waals surface area contributed by atoms with E-state index in [0.29, 0.717) is 11.0 Å². The third-order valence-electron chi connectivity index (χ3n) is 3.64. The number of halogens is 4. The molecule has 0 aliphatic heterocycles. The van der Waals surface area contributed by atoms with E-state index in [4.69, 9.17) is 16.3 Å². The molecule has 5 nitrogen and oxygen atoms in total. The molecule has 3 rings (SSSR count). The molecule has 27 heavy (non-hydrogen) atoms. The Hall–Kier alpha value is -2.39. The number of sulfone groups is 1. The van der Waals surface area contributed by atoms with Crippen LogP contribution >= 0.6 is 11.6 Å². The van der Waals surface area contributed by atoms with Gasteiger partial charge >= 0.3 is 6.18 Å². The molecule has 0 radical (unpaired) electrons. The van der Waals surface area contributed by atoms with Gasteiger partial charge in [0.1, 0.15) is 0 Å². The fourth-order valence-electron chi connectivity index (χ4n) is 2.36. The zero-order valence-electron chi connectivity index (χ0n) is 13.7. The Labute approximate surface area is 157 Å². The van der Waals surface area contributed by atoms with Gasteiger partial charge in [-0.05, 0) is 24.3 Å². The van der Waals surface area contributed by atoms with Crippen LogP contribution in [0.2, 0.25) is 5.15 Å². The lowest BCUT2D eigenvalue weighted by Crippen LogP contribution is -2.26. The Morgan fingerprint density at radius 2 is 1.56 bits per heavy atom. The molecule has 1 heterocycles. The standard InChI is InChI=1S/C17H12ClF3N2O3S/c1-27(24,25)11-8-6-10(7-9-11)14(17(19,20)21)26-16-15(18)22-12-4-2-3-5-13(12)23-16/h2-9,14H,1H3. The number of alkyl halides is 3. The topological polar surface area (TPSA) is 69.2 Å². The normalized spacial score (nSPS) is 13.5. The molecule has 0 bridgehead atoms. The smallest absolute Gasteiger partial charge is 0.429 e. The Morgan fingerprint density at radius 3 is 2.07 bits per heavy atom. The van der Waals surface area contributed by atoms with E-state index >= 15 is 0 Å². The van der Waals surface area contributed by atoms with Crippen molar-refractivity contribution in [3.8, 4) is 5.88 Å². The number of benzene rings is 2. The van der Waals surface area contributed by atoms with Gasteiger partial charge in [0.05, 0.1) is 15.9 Å². The Balaban J connectivity index is 2.01. The summed E-state index contributed by atoms with van der Waals surface area (Å²) in [5, 5.41) is -0.310. The number of aromatic nitrogens is 2. The van der Waals surface area contributed by atoms with Crippen molar-refractivity contribution in [2.75, 3.05) is 6.26 Å². The molecule has 0 saturated heterocycles. The van der Waals surface area contributed by atoms with E-state index in [1.165, 1.54) is 0 Å². The molecule has 2 aromatic carbocycles. The maximum absolute atomic E-state index is 13.5. The number of nitrogens with zero attached hydrogens (tertiary/aromatic N) is 2. The fraction of sp³-hybridized carbons (Fsp3) is 0.176. The van der Waals surface area contributed by atoms with Gasteiger partial charge in [0, 0.05) is 11.8 Å². The highest BCUT2D eigenvalue weighted by molar-refractivity contribution is 7.90. The summed E-state index contributed by atoms with van der Waals surface area (Å²) in [6.07, 6.45) is -6.22. The molecule has 1 atom stereocenters. The highest BCUT2D eigenvalue weighted by Gasteiger charge is 2.44. The summed E-state index contributed by atoms with van der Waals surface area (Å²) in [5.41, 5.74) is 0.446. The third kappa shape index (κ3) is 4.30. The van der Waals surface area contributed by atoms with Gasteiger partial charge < -0.3 is 4.74 Å². The first-order chi connectivity index (χ1) is 12.6. The van der Waals surface area contributed by atoms with Gasteiger partial charge in [-0.1, -0.05) is 35.9 Å². The molecule has 1 aromatic heterocycles. The minimum absolute atomic E-state index is 0.101. The SMILES string of the molecule is CS(=O)(=O)c1ccc(C(Oc2nc3ccccc3nc2Cl)C(F)(F)F)cc1. The molecule has 0 spiro atoms. The fourth-order valence-corrected chi connectivity index (χ4v) is 3.17. The van der Waals surface area contributed by atoms with Crippen LogP contribution in [0.1, 0.15) is 11.7 Å². The van der Waals surface area contributed by atoms with Crippen LogP contribution in [-0.4, -0.2) is 30.8 Å². The van der Waals surface area contributed by atoms with Crippen LogP contribution in [0, 0.1) is 0 Å². The van der Waals surface area contributed by atoms with Crippen LogP contribution in [-0.2, 0) is 9.84 Å². The number of hydrogen-bond donors (Lipinski definition) is 0. The first kappa shape index (κ1) is 19.4. The Morgan fingerprint density at radius 1 is 1.00 bits per heavy atom. The molecule has 0 aliphatic carbocycles. The van der Waals surface area contributed by atoms with Crippen molar-refractivity contribution in [1.29, 1.82) is 0 Å². The molecular weight excluding hydrogens is 405 g/mol. The van der Waals surface area contributed by atoms with E-state index in [0.717, 1.165) is 30.5 Å². The predicted octanol–water partition coefficient (Wildman–Crippen LogP) is 4.37. The summed E-state index contributed by atoms with van der Waals surface area (Å²) in [4.78, 5) is 7.88. The van der Waals surface area contributed by atoms with Gasteiger partial charge in [0.15, 0.2) is 15.0 Å². The predicted molar refractivity (Wildman–Crippen MR) is 93.5 cm³/mol. The summed E-state index contributed by atoms with van der Waals surface area (Å²) in [5.74, 6) is -0.468. The second-order valence-electron chi connectivity index (χ2n) is 5.69. The van der Waals surface area contributed by atoms with Crippen molar-refractivity contribution < 1.29 is 26.3 Å². The Kier molecular flexibility index (Phi) is 5.00. The summed E-state index contributed by atoms with van der Waals surface area (Å²) < 4.78 is 68.6. The third-order valence-corrected chi connectivity index (χ3v) is 5.01. The van der Waals surface area contributed by atoms with Crippen molar-refractivity contribution in [2.45, 2.75) is 17.2 Å². The second kappa shape index (κ2) is 6.97. The molecule has 1 unspecified atom stereocenters. The summed E-state index contributed by atoms with van der Waals surface area (Å²) in [6.45, 7) is 0. The molecule has 10 heteroatoms. The van der Waals surface area contributed by atoms with Gasteiger partial charge in [0.2, 0.25) is 6.10 Å². The van der Waals surface area contributed by atoms with Crippen LogP contribution in [0.25, 0.3) is 11.0 Å². The minimum atomic E-state index is -4.79. The zero-order chi connectivity index (χ0) is 19.8. The molecule has 0 N–H and O–H groups in total. The number of ether oxygens (including phenoxy) is 1. The monoisotopic (exact) mass is 416 g/mol. The Bertz CT molecular complexity index is 1090. The number of fused-ring (bicyclic) bond motifs is 1. The number of para-hydroxylation sites is 2. The lowest BCUT2D eigenvalue weighted by atomic mass is 10.1. The van der Waals surface area contributed by atoms with Crippen molar-refractivity contribution in [2.24, 2.45) is 0 Å². The van der Waals surface area contributed by atoms with E-state index in [2.05, 4.69) is 9.97 Å². The largest absolute Gasteiger partial charge is 0.458 e. The van der Waals surface area contributed by atoms with E-state index in [9.17, 15) is 21.6 Å². The average molecular weight is 417 g/mol. The molecule has 142 valence electrons. The molecule has 3 aromatic rings. The molecule has 0 fully saturated rings. The first-order valence-corrected chi connectivity index (χ1v) is 9.78. The molecule has 0 aliphatic rings. The lowest BCUT2D eigenvalue weighted by molar-refractivity contribution is -0.198. The van der Waals surface area contributed by atoms with E-state index in [1.807, 2.05) is 0 Å². The highest BCUT2D eigenvalue weighted by atomic mass is 35.5. The van der Waals surface area contributed by atoms with Crippen LogP contribution in [0.3, 0.4) is 0 Å². The van der Waals surface area contributed by atoms with Gasteiger partial charge in [-0.15, -0.1) is 0 Å². The van der Waals surface area contributed by atoms with Crippen LogP contribution in [0.4, 0.5) is 13.2 Å². The van der Waals surface area contributed by atoms with Crippen LogP contribution < -0.4 is 4.74 Å². The second-order valence-corrected chi connectivity index (χ2v) is 8.06. The average Bonchev–Trinajstić information content (AvgIpc) is 2.58. The molecule has 0 amide bonds. The molecular formula is C17H12ClF3N2O3S. The highest BCUT2D eigenvalue weighted by Crippen LogP contribution is 2.38. The van der Waals surface area contributed by atoms with Crippen molar-refractivity contribution in [3.05, 3.63) is 59.2 Å². The molecule has 0 saturated carbocycles. The van der Waals surface area contributed by atoms with Crippen molar-refractivity contribution in [1.82, 2.24) is 9.97 Å². The van der Waals surface area contributed by atoms with Crippen LogP contribution in [0.15, 0.2) is 53.4 Å². The van der Waals surface area contributed by atoms with E-state index in [-0.39, 0.29) is 15.6 Å². The van der Waals surface area contributed by atoms with Gasteiger partial charge in [-0.25, -0.2) is 18.4 Å². The number of rotatable bonds is 4.